The first-order valence-corrected chi connectivity index (χ1v) is 14.4. The molecule has 196 valence electrons. The summed E-state index contributed by atoms with van der Waals surface area (Å²) in [7, 11) is 0. The highest BCUT2D eigenvalue weighted by atomic mass is 16.2. The van der Waals surface area contributed by atoms with Crippen LogP contribution in [0.2, 0.25) is 0 Å². The second-order valence-electron chi connectivity index (χ2n) is 11.3. The highest BCUT2D eigenvalue weighted by Crippen LogP contribution is 2.50. The summed E-state index contributed by atoms with van der Waals surface area (Å²) in [5, 5.41) is 7.55. The van der Waals surface area contributed by atoms with Crippen LogP contribution in [0.4, 0.5) is 11.4 Å². The van der Waals surface area contributed by atoms with Crippen molar-refractivity contribution < 1.29 is 4.79 Å². The van der Waals surface area contributed by atoms with Gasteiger partial charge in [-0.25, -0.2) is 0 Å². The van der Waals surface area contributed by atoms with Crippen molar-refractivity contribution in [3.63, 3.8) is 0 Å². The van der Waals surface area contributed by atoms with Gasteiger partial charge >= 0.3 is 0 Å². The molecular formula is C40H25NO. The Labute approximate surface area is 243 Å². The van der Waals surface area contributed by atoms with E-state index in [9.17, 15) is 4.79 Å². The number of hydrogen-bond donors (Lipinski definition) is 0. The van der Waals surface area contributed by atoms with Gasteiger partial charge < -0.3 is 0 Å². The maximum atomic E-state index is 14.2. The SMILES string of the molecule is O=C1C2=Cc3ccccc3C2c2ccccc2N1c1cccc(-c2ccc3c4ccccc4c4ccccc4c3c2)c1. The van der Waals surface area contributed by atoms with E-state index in [4.69, 9.17) is 0 Å². The third kappa shape index (κ3) is 3.24. The smallest absolute Gasteiger partial charge is 0.259 e. The van der Waals surface area contributed by atoms with Crippen LogP contribution >= 0.6 is 0 Å². The van der Waals surface area contributed by atoms with Gasteiger partial charge in [-0.2, -0.15) is 0 Å². The third-order valence-corrected chi connectivity index (χ3v) is 9.05. The van der Waals surface area contributed by atoms with Crippen LogP contribution in [0, 0.1) is 0 Å². The summed E-state index contributed by atoms with van der Waals surface area (Å²) in [5.74, 6) is 0.0240. The lowest BCUT2D eigenvalue weighted by Gasteiger charge is -2.34. The molecule has 0 radical (unpaired) electrons. The number of nitrogens with zero attached hydrogens (tertiary/aromatic N) is 1. The molecule has 1 aliphatic heterocycles. The van der Waals surface area contributed by atoms with Gasteiger partial charge in [-0.05, 0) is 90.5 Å². The number of hydrogen-bond acceptors (Lipinski definition) is 1. The Morgan fingerprint density at radius 3 is 1.83 bits per heavy atom. The van der Waals surface area contributed by atoms with Crippen molar-refractivity contribution in [2.75, 3.05) is 4.90 Å². The van der Waals surface area contributed by atoms with Crippen molar-refractivity contribution in [2.45, 2.75) is 5.92 Å². The highest BCUT2D eigenvalue weighted by Gasteiger charge is 2.40. The molecule has 0 fully saturated rings. The minimum Gasteiger partial charge on any atom is -0.277 e. The highest BCUT2D eigenvalue weighted by molar-refractivity contribution is 6.26. The van der Waals surface area contributed by atoms with Crippen molar-refractivity contribution in [1.82, 2.24) is 0 Å². The average Bonchev–Trinajstić information content (AvgIpc) is 3.45. The van der Waals surface area contributed by atoms with E-state index in [1.54, 1.807) is 0 Å². The number of fused-ring (bicyclic) bond motifs is 11. The molecule has 2 nitrogen and oxygen atoms in total. The Hall–Kier alpha value is -5.47. The summed E-state index contributed by atoms with van der Waals surface area (Å²) in [5.41, 5.74) is 8.39. The first-order valence-electron chi connectivity index (χ1n) is 14.4. The molecule has 0 spiro atoms. The molecule has 9 rings (SSSR count). The summed E-state index contributed by atoms with van der Waals surface area (Å²) >= 11 is 0. The maximum absolute atomic E-state index is 14.2. The van der Waals surface area contributed by atoms with Crippen molar-refractivity contribution in [3.05, 3.63) is 162 Å². The molecule has 42 heavy (non-hydrogen) atoms. The maximum Gasteiger partial charge on any atom is 0.259 e. The molecule has 1 unspecified atom stereocenters. The topological polar surface area (TPSA) is 20.3 Å². The van der Waals surface area contributed by atoms with E-state index in [0.717, 1.165) is 33.6 Å². The number of carbonyl (C=O) groups is 1. The van der Waals surface area contributed by atoms with Crippen molar-refractivity contribution in [3.8, 4) is 11.1 Å². The molecule has 1 aliphatic carbocycles. The van der Waals surface area contributed by atoms with Gasteiger partial charge in [0.2, 0.25) is 0 Å². The van der Waals surface area contributed by atoms with E-state index in [0.29, 0.717) is 0 Å². The second-order valence-corrected chi connectivity index (χ2v) is 11.3. The van der Waals surface area contributed by atoms with Gasteiger partial charge in [0.05, 0.1) is 5.69 Å². The van der Waals surface area contributed by atoms with Crippen molar-refractivity contribution in [2.24, 2.45) is 0 Å². The van der Waals surface area contributed by atoms with Gasteiger partial charge in [0.1, 0.15) is 0 Å². The van der Waals surface area contributed by atoms with Crippen LogP contribution in [0.1, 0.15) is 22.6 Å². The lowest BCUT2D eigenvalue weighted by molar-refractivity contribution is -0.114. The van der Waals surface area contributed by atoms with Gasteiger partial charge in [-0.3, -0.25) is 9.69 Å². The number of amides is 1. The van der Waals surface area contributed by atoms with E-state index >= 15 is 0 Å². The molecule has 1 atom stereocenters. The number of para-hydroxylation sites is 1. The van der Waals surface area contributed by atoms with E-state index in [2.05, 4.69) is 127 Å². The van der Waals surface area contributed by atoms with E-state index in [1.807, 2.05) is 23.1 Å². The van der Waals surface area contributed by atoms with Crippen LogP contribution in [0.5, 0.6) is 0 Å². The minimum atomic E-state index is -0.0204. The Bertz CT molecular complexity index is 2260. The molecule has 0 saturated heterocycles. The molecule has 1 heterocycles. The lowest BCUT2D eigenvalue weighted by atomic mass is 9.83. The fourth-order valence-electron chi connectivity index (χ4n) is 7.19. The quantitative estimate of drug-likeness (QED) is 0.202. The fraction of sp³-hybridized carbons (Fsp3) is 0.0250. The number of anilines is 2. The normalized spacial score (nSPS) is 15.5. The molecule has 0 aromatic heterocycles. The van der Waals surface area contributed by atoms with Gasteiger partial charge in [0, 0.05) is 17.2 Å². The Morgan fingerprint density at radius 2 is 1.07 bits per heavy atom. The van der Waals surface area contributed by atoms with Crippen LogP contribution in [0.3, 0.4) is 0 Å². The minimum absolute atomic E-state index is 0.0204. The van der Waals surface area contributed by atoms with E-state index in [-0.39, 0.29) is 11.8 Å². The monoisotopic (exact) mass is 535 g/mol. The molecular weight excluding hydrogens is 510 g/mol. The van der Waals surface area contributed by atoms with Crippen molar-refractivity contribution >= 4 is 55.7 Å². The first-order chi connectivity index (χ1) is 20.8. The third-order valence-electron chi connectivity index (χ3n) is 9.05. The van der Waals surface area contributed by atoms with Gasteiger partial charge in [0.15, 0.2) is 0 Å². The van der Waals surface area contributed by atoms with Crippen LogP contribution < -0.4 is 4.90 Å². The number of benzene rings is 7. The first kappa shape index (κ1) is 23.3. The Morgan fingerprint density at radius 1 is 0.476 bits per heavy atom. The van der Waals surface area contributed by atoms with Crippen LogP contribution in [0.25, 0.3) is 49.5 Å². The summed E-state index contributed by atoms with van der Waals surface area (Å²) in [6, 6.07) is 49.2. The molecule has 0 bridgehead atoms. The molecule has 2 heteroatoms. The molecule has 2 aliphatic rings. The van der Waals surface area contributed by atoms with Crippen LogP contribution in [0.15, 0.2) is 145 Å². The summed E-state index contributed by atoms with van der Waals surface area (Å²) in [4.78, 5) is 16.1. The number of rotatable bonds is 2. The van der Waals surface area contributed by atoms with Crippen LogP contribution in [-0.4, -0.2) is 5.91 Å². The van der Waals surface area contributed by atoms with Gasteiger partial charge in [0.25, 0.3) is 5.91 Å². The predicted molar refractivity (Wildman–Crippen MR) is 174 cm³/mol. The van der Waals surface area contributed by atoms with E-state index in [1.165, 1.54) is 43.4 Å². The standard InChI is InChI=1S/C40H25NO/c42-40-37-24-27-10-1-2-13-29(27)39(37)35-18-7-8-19-38(35)41(40)28-12-9-11-25(22-28)26-20-21-34-32-16-4-3-14-30(32)31-15-5-6-17-33(31)36(34)23-26/h1-24,39H. The lowest BCUT2D eigenvalue weighted by Crippen LogP contribution is -2.34. The fourth-order valence-corrected chi connectivity index (χ4v) is 7.19. The van der Waals surface area contributed by atoms with Gasteiger partial charge in [-0.1, -0.05) is 115 Å². The van der Waals surface area contributed by atoms with Crippen molar-refractivity contribution in [1.29, 1.82) is 0 Å². The average molecular weight is 536 g/mol. The Balaban J connectivity index is 1.21. The largest absolute Gasteiger partial charge is 0.277 e. The zero-order chi connectivity index (χ0) is 27.8. The summed E-state index contributed by atoms with van der Waals surface area (Å²) in [6.07, 6.45) is 2.08. The zero-order valence-electron chi connectivity index (χ0n) is 22.8. The van der Waals surface area contributed by atoms with Gasteiger partial charge in [-0.15, -0.1) is 0 Å². The molecule has 0 saturated carbocycles. The predicted octanol–water partition coefficient (Wildman–Crippen LogP) is 10.0. The summed E-state index contributed by atoms with van der Waals surface area (Å²) < 4.78 is 0. The zero-order valence-corrected chi connectivity index (χ0v) is 22.8. The van der Waals surface area contributed by atoms with Crippen LogP contribution in [-0.2, 0) is 4.79 Å². The summed E-state index contributed by atoms with van der Waals surface area (Å²) in [6.45, 7) is 0. The molecule has 7 aromatic carbocycles. The molecule has 0 N–H and O–H groups in total. The number of carbonyl (C=O) groups excluding carboxylic acids is 1. The second kappa shape index (κ2) is 8.76. The Kier molecular flexibility index (Phi) is 4.85. The van der Waals surface area contributed by atoms with E-state index < -0.39 is 0 Å². The molecule has 1 amide bonds. The molecule has 7 aromatic rings.